The maximum atomic E-state index is 5.96. The zero-order chi connectivity index (χ0) is 12.2. The normalized spacial score (nSPS) is 20.1. The maximum Gasteiger partial charge on any atom is 0.0721 e. The molecule has 0 radical (unpaired) electrons. The zero-order valence-electron chi connectivity index (χ0n) is 10.6. The van der Waals surface area contributed by atoms with E-state index in [1.165, 1.54) is 29.2 Å². The number of rotatable bonds is 3. The van der Waals surface area contributed by atoms with Gasteiger partial charge in [0, 0.05) is 6.54 Å². The number of fused-ring (bicyclic) bond motifs is 1. The van der Waals surface area contributed by atoms with E-state index >= 15 is 0 Å². The molecule has 2 heteroatoms. The molecule has 0 aromatic heterocycles. The molecule has 2 aromatic carbocycles. The van der Waals surface area contributed by atoms with E-state index in [1.807, 2.05) is 0 Å². The second-order valence-corrected chi connectivity index (χ2v) is 4.96. The third-order valence-corrected chi connectivity index (χ3v) is 3.55. The van der Waals surface area contributed by atoms with Crippen LogP contribution >= 0.6 is 0 Å². The van der Waals surface area contributed by atoms with Gasteiger partial charge in [-0.05, 0) is 41.8 Å². The van der Waals surface area contributed by atoms with Gasteiger partial charge in [-0.25, -0.2) is 0 Å². The predicted molar refractivity (Wildman–Crippen MR) is 74.6 cm³/mol. The molecule has 94 valence electrons. The monoisotopic (exact) mass is 241 g/mol. The van der Waals surface area contributed by atoms with E-state index < -0.39 is 0 Å². The molecule has 1 N–H and O–H groups in total. The van der Waals surface area contributed by atoms with Gasteiger partial charge in [0.15, 0.2) is 0 Å². The fraction of sp³-hybridized carbons (Fsp3) is 0.375. The lowest BCUT2D eigenvalue weighted by molar-refractivity contribution is 0.0253. The van der Waals surface area contributed by atoms with E-state index in [4.69, 9.17) is 4.74 Å². The molecule has 0 aliphatic carbocycles. The molecule has 2 aromatic rings. The molecule has 0 saturated carbocycles. The van der Waals surface area contributed by atoms with Gasteiger partial charge < -0.3 is 10.1 Å². The van der Waals surface area contributed by atoms with Gasteiger partial charge in [-0.3, -0.25) is 0 Å². The first-order valence-electron chi connectivity index (χ1n) is 6.72. The molecule has 1 heterocycles. The average Bonchev–Trinajstić information content (AvgIpc) is 2.46. The minimum absolute atomic E-state index is 0.380. The fourth-order valence-electron chi connectivity index (χ4n) is 2.50. The lowest BCUT2D eigenvalue weighted by Gasteiger charge is -2.23. The fourth-order valence-corrected chi connectivity index (χ4v) is 2.50. The van der Waals surface area contributed by atoms with Crippen molar-refractivity contribution >= 4 is 10.8 Å². The van der Waals surface area contributed by atoms with Gasteiger partial charge in [-0.1, -0.05) is 36.4 Å². The minimum Gasteiger partial charge on any atom is -0.372 e. The van der Waals surface area contributed by atoms with Crippen molar-refractivity contribution in [2.75, 3.05) is 13.1 Å². The molecule has 0 amide bonds. The molecule has 0 spiro atoms. The molecule has 1 fully saturated rings. The first kappa shape index (κ1) is 11.7. The summed E-state index contributed by atoms with van der Waals surface area (Å²) in [7, 11) is 0. The van der Waals surface area contributed by atoms with Crippen LogP contribution in [0.25, 0.3) is 10.8 Å². The standard InChI is InChI=1S/C16H19NO/c1-2-5-15-10-13(7-8-14(15)4-1)12-18-16-6-3-9-17-11-16/h1-2,4-5,7-8,10,16-17H,3,6,9,11-12H2/t16-/m1/s1. The van der Waals surface area contributed by atoms with Crippen LogP contribution in [-0.4, -0.2) is 19.2 Å². The number of ether oxygens (including phenoxy) is 1. The quantitative estimate of drug-likeness (QED) is 0.891. The molecule has 1 aliphatic rings. The van der Waals surface area contributed by atoms with Crippen molar-refractivity contribution < 1.29 is 4.74 Å². The molecular formula is C16H19NO. The Kier molecular flexibility index (Phi) is 3.58. The molecule has 0 unspecified atom stereocenters. The zero-order valence-corrected chi connectivity index (χ0v) is 10.6. The van der Waals surface area contributed by atoms with Crippen LogP contribution in [0.4, 0.5) is 0 Å². The summed E-state index contributed by atoms with van der Waals surface area (Å²) in [5.41, 5.74) is 1.26. The number of hydrogen-bond acceptors (Lipinski definition) is 2. The van der Waals surface area contributed by atoms with E-state index in [-0.39, 0.29) is 0 Å². The van der Waals surface area contributed by atoms with Crippen molar-refractivity contribution in [2.24, 2.45) is 0 Å². The second-order valence-electron chi connectivity index (χ2n) is 4.96. The third-order valence-electron chi connectivity index (χ3n) is 3.55. The molecule has 2 nitrogen and oxygen atoms in total. The van der Waals surface area contributed by atoms with Crippen LogP contribution < -0.4 is 5.32 Å². The Morgan fingerprint density at radius 3 is 2.83 bits per heavy atom. The van der Waals surface area contributed by atoms with E-state index in [2.05, 4.69) is 47.8 Å². The summed E-state index contributed by atoms with van der Waals surface area (Å²) in [4.78, 5) is 0. The van der Waals surface area contributed by atoms with Crippen molar-refractivity contribution in [1.82, 2.24) is 5.32 Å². The molecule has 1 saturated heterocycles. The summed E-state index contributed by atoms with van der Waals surface area (Å²) in [6.07, 6.45) is 2.79. The Bertz CT molecular complexity index is 517. The van der Waals surface area contributed by atoms with Gasteiger partial charge in [0.1, 0.15) is 0 Å². The van der Waals surface area contributed by atoms with E-state index in [0.29, 0.717) is 6.10 Å². The van der Waals surface area contributed by atoms with Gasteiger partial charge in [0.25, 0.3) is 0 Å². The number of nitrogens with one attached hydrogen (secondary N) is 1. The lowest BCUT2D eigenvalue weighted by Crippen LogP contribution is -2.35. The van der Waals surface area contributed by atoms with Gasteiger partial charge >= 0.3 is 0 Å². The molecule has 3 rings (SSSR count). The van der Waals surface area contributed by atoms with Gasteiger partial charge in [-0.15, -0.1) is 0 Å². The van der Waals surface area contributed by atoms with E-state index in [0.717, 1.165) is 19.7 Å². The highest BCUT2D eigenvalue weighted by molar-refractivity contribution is 5.82. The van der Waals surface area contributed by atoms with Crippen molar-refractivity contribution in [2.45, 2.75) is 25.6 Å². The van der Waals surface area contributed by atoms with Crippen molar-refractivity contribution in [3.63, 3.8) is 0 Å². The Morgan fingerprint density at radius 2 is 2.00 bits per heavy atom. The smallest absolute Gasteiger partial charge is 0.0721 e. The first-order valence-corrected chi connectivity index (χ1v) is 6.72. The van der Waals surface area contributed by atoms with Gasteiger partial charge in [0.2, 0.25) is 0 Å². The summed E-state index contributed by atoms with van der Waals surface area (Å²) >= 11 is 0. The number of hydrogen-bond donors (Lipinski definition) is 1. The first-order chi connectivity index (χ1) is 8.92. The second kappa shape index (κ2) is 5.51. The summed E-state index contributed by atoms with van der Waals surface area (Å²) < 4.78 is 5.96. The Balaban J connectivity index is 1.66. The summed E-state index contributed by atoms with van der Waals surface area (Å²) in [5, 5.41) is 5.96. The summed E-state index contributed by atoms with van der Waals surface area (Å²) in [6.45, 7) is 2.85. The topological polar surface area (TPSA) is 21.3 Å². The molecule has 1 atom stereocenters. The lowest BCUT2D eigenvalue weighted by atomic mass is 10.1. The maximum absolute atomic E-state index is 5.96. The van der Waals surface area contributed by atoms with Crippen molar-refractivity contribution in [3.8, 4) is 0 Å². The summed E-state index contributed by atoms with van der Waals surface area (Å²) in [5.74, 6) is 0. The van der Waals surface area contributed by atoms with Crippen LogP contribution in [0.2, 0.25) is 0 Å². The average molecular weight is 241 g/mol. The van der Waals surface area contributed by atoms with Gasteiger partial charge in [-0.2, -0.15) is 0 Å². The Labute approximate surface area is 108 Å². The van der Waals surface area contributed by atoms with Crippen LogP contribution in [0, 0.1) is 0 Å². The SMILES string of the molecule is c1ccc2cc(CO[C@@H]3CCCNC3)ccc2c1. The third kappa shape index (κ3) is 2.71. The molecular weight excluding hydrogens is 222 g/mol. The highest BCUT2D eigenvalue weighted by atomic mass is 16.5. The minimum atomic E-state index is 0.380. The van der Waals surface area contributed by atoms with Gasteiger partial charge in [0.05, 0.1) is 12.7 Å². The van der Waals surface area contributed by atoms with Crippen LogP contribution in [-0.2, 0) is 11.3 Å². The van der Waals surface area contributed by atoms with E-state index in [1.54, 1.807) is 0 Å². The highest BCUT2D eigenvalue weighted by Gasteiger charge is 2.12. The van der Waals surface area contributed by atoms with Crippen LogP contribution in [0.3, 0.4) is 0 Å². The number of piperidine rings is 1. The van der Waals surface area contributed by atoms with Crippen LogP contribution in [0.5, 0.6) is 0 Å². The van der Waals surface area contributed by atoms with Crippen LogP contribution in [0.15, 0.2) is 42.5 Å². The van der Waals surface area contributed by atoms with Crippen LogP contribution in [0.1, 0.15) is 18.4 Å². The van der Waals surface area contributed by atoms with Crippen molar-refractivity contribution in [3.05, 3.63) is 48.0 Å². The highest BCUT2D eigenvalue weighted by Crippen LogP contribution is 2.17. The Hall–Kier alpha value is -1.38. The predicted octanol–water partition coefficient (Wildman–Crippen LogP) is 3.11. The molecule has 18 heavy (non-hydrogen) atoms. The molecule has 0 bridgehead atoms. The number of benzene rings is 2. The summed E-state index contributed by atoms with van der Waals surface area (Å²) in [6, 6.07) is 15.0. The molecule has 1 aliphatic heterocycles. The van der Waals surface area contributed by atoms with E-state index in [9.17, 15) is 0 Å². The Morgan fingerprint density at radius 1 is 1.11 bits per heavy atom. The largest absolute Gasteiger partial charge is 0.372 e. The van der Waals surface area contributed by atoms with Crippen molar-refractivity contribution in [1.29, 1.82) is 0 Å².